The summed E-state index contributed by atoms with van der Waals surface area (Å²) in [6.45, 7) is 5.03. The molecule has 1 atom stereocenters. The van der Waals surface area contributed by atoms with Crippen molar-refractivity contribution in [3.05, 3.63) is 76.9 Å². The number of carbonyl (C=O) groups is 1. The molecular weight excluding hydrogens is 404 g/mol. The molecule has 0 saturated carbocycles. The summed E-state index contributed by atoms with van der Waals surface area (Å²) in [5.74, 6) is -0.754. The van der Waals surface area contributed by atoms with Crippen molar-refractivity contribution in [2.24, 2.45) is 0 Å². The van der Waals surface area contributed by atoms with E-state index in [0.717, 1.165) is 5.56 Å². The number of hydrogen-bond acceptors (Lipinski definition) is 6. The van der Waals surface area contributed by atoms with Gasteiger partial charge in [0.05, 0.1) is 10.9 Å². The van der Waals surface area contributed by atoms with E-state index in [1.165, 1.54) is 24.3 Å². The second-order valence-electron chi connectivity index (χ2n) is 7.53. The molecule has 8 heteroatoms. The fourth-order valence-electron chi connectivity index (χ4n) is 2.65. The van der Waals surface area contributed by atoms with Crippen LogP contribution in [0.1, 0.15) is 26.3 Å². The van der Waals surface area contributed by atoms with Gasteiger partial charge in [0, 0.05) is 6.42 Å². The van der Waals surface area contributed by atoms with Crippen molar-refractivity contribution in [1.29, 1.82) is 5.26 Å². The predicted molar refractivity (Wildman–Crippen MR) is 112 cm³/mol. The van der Waals surface area contributed by atoms with Crippen molar-refractivity contribution in [2.45, 2.75) is 43.7 Å². The van der Waals surface area contributed by atoms with Crippen LogP contribution in [0.4, 0.5) is 4.79 Å². The molecule has 0 spiro atoms. The molecule has 0 aliphatic carbocycles. The van der Waals surface area contributed by atoms with E-state index in [4.69, 9.17) is 4.74 Å². The van der Waals surface area contributed by atoms with Crippen LogP contribution in [0.5, 0.6) is 0 Å². The van der Waals surface area contributed by atoms with Gasteiger partial charge in [0.15, 0.2) is 4.91 Å². The number of nitrogens with one attached hydrogen (secondary N) is 1. The highest BCUT2D eigenvalue weighted by Crippen LogP contribution is 2.23. The molecule has 0 bridgehead atoms. The van der Waals surface area contributed by atoms with Gasteiger partial charge >= 0.3 is 6.09 Å². The van der Waals surface area contributed by atoms with Crippen molar-refractivity contribution in [3.63, 3.8) is 0 Å². The highest BCUT2D eigenvalue weighted by atomic mass is 32.2. The Morgan fingerprint density at radius 3 is 2.13 bits per heavy atom. The summed E-state index contributed by atoms with van der Waals surface area (Å²) in [7, 11) is -4.28. The molecule has 2 N–H and O–H groups in total. The molecule has 7 nitrogen and oxygen atoms in total. The molecule has 2 aromatic rings. The van der Waals surface area contributed by atoms with E-state index < -0.39 is 38.2 Å². The number of alkyl carbamates (subject to hydrolysis) is 1. The average molecular weight is 429 g/mol. The first kappa shape index (κ1) is 23.0. The van der Waals surface area contributed by atoms with Gasteiger partial charge < -0.3 is 15.2 Å². The maximum atomic E-state index is 12.9. The first-order chi connectivity index (χ1) is 14.0. The van der Waals surface area contributed by atoms with Gasteiger partial charge in [0.1, 0.15) is 17.4 Å². The number of benzene rings is 2. The molecule has 1 amide bonds. The summed E-state index contributed by atoms with van der Waals surface area (Å²) in [6.07, 6.45) is -0.786. The predicted octanol–water partition coefficient (Wildman–Crippen LogP) is 3.89. The number of amides is 1. The highest BCUT2D eigenvalue weighted by molar-refractivity contribution is 7.95. The lowest BCUT2D eigenvalue weighted by Crippen LogP contribution is -2.42. The van der Waals surface area contributed by atoms with E-state index >= 15 is 0 Å². The lowest BCUT2D eigenvalue weighted by Gasteiger charge is -2.24. The Morgan fingerprint density at radius 2 is 1.63 bits per heavy atom. The van der Waals surface area contributed by atoms with Gasteiger partial charge in [0.25, 0.3) is 0 Å². The number of aliphatic hydroxyl groups excluding tert-OH is 1. The first-order valence-electron chi connectivity index (χ1n) is 9.21. The van der Waals surface area contributed by atoms with Crippen LogP contribution in [-0.2, 0) is 21.0 Å². The van der Waals surface area contributed by atoms with Gasteiger partial charge in [-0.05, 0) is 38.5 Å². The molecule has 0 radical (unpaired) electrons. The molecule has 2 aromatic carbocycles. The lowest BCUT2D eigenvalue weighted by molar-refractivity contribution is 0.0501. The van der Waals surface area contributed by atoms with Crippen LogP contribution in [-0.4, -0.2) is 31.3 Å². The van der Waals surface area contributed by atoms with Crippen molar-refractivity contribution >= 4 is 15.9 Å². The number of carbonyl (C=O) groups excluding carboxylic acids is 1. The van der Waals surface area contributed by atoms with Gasteiger partial charge in [0.2, 0.25) is 9.84 Å². The van der Waals surface area contributed by atoms with E-state index in [0.29, 0.717) is 0 Å². The van der Waals surface area contributed by atoms with Crippen LogP contribution >= 0.6 is 0 Å². The minimum absolute atomic E-state index is 0.0570. The van der Waals surface area contributed by atoms with Gasteiger partial charge in [-0.15, -0.1) is 0 Å². The fraction of sp³-hybridized carbons (Fsp3) is 0.273. The second-order valence-corrected chi connectivity index (χ2v) is 9.42. The number of hydrogen-bond donors (Lipinski definition) is 2. The molecule has 0 aromatic heterocycles. The van der Waals surface area contributed by atoms with Gasteiger partial charge in [-0.1, -0.05) is 48.5 Å². The van der Waals surface area contributed by atoms with Crippen LogP contribution < -0.4 is 5.32 Å². The monoisotopic (exact) mass is 428 g/mol. The molecule has 0 aliphatic heterocycles. The number of sulfone groups is 1. The number of ether oxygens (including phenoxy) is 1. The van der Waals surface area contributed by atoms with E-state index in [-0.39, 0.29) is 11.3 Å². The smallest absolute Gasteiger partial charge is 0.408 e. The van der Waals surface area contributed by atoms with Gasteiger partial charge in [-0.2, -0.15) is 5.26 Å². The van der Waals surface area contributed by atoms with Crippen LogP contribution in [0.25, 0.3) is 0 Å². The van der Waals surface area contributed by atoms with E-state index in [9.17, 15) is 23.6 Å². The highest BCUT2D eigenvalue weighted by Gasteiger charge is 2.31. The molecule has 0 saturated heterocycles. The largest absolute Gasteiger partial charge is 0.508 e. The minimum atomic E-state index is -4.28. The summed E-state index contributed by atoms with van der Waals surface area (Å²) < 4.78 is 31.0. The zero-order valence-electron chi connectivity index (χ0n) is 17.0. The zero-order valence-corrected chi connectivity index (χ0v) is 17.8. The van der Waals surface area contributed by atoms with Crippen molar-refractivity contribution in [2.75, 3.05) is 0 Å². The van der Waals surface area contributed by atoms with E-state index in [2.05, 4.69) is 5.32 Å². The lowest BCUT2D eigenvalue weighted by atomic mass is 10.0. The standard InChI is InChI=1S/C22H24N2O5S/c1-22(2,3)29-21(26)24-18(14-16-10-6-4-7-11-16)20(25)19(15-23)30(27,28)17-12-8-5-9-13-17/h4-13,18,25H,14H2,1-3H3,(H,24,26)/b20-19-. The Labute approximate surface area is 176 Å². The number of rotatable bonds is 6. The molecule has 0 fully saturated rings. The maximum Gasteiger partial charge on any atom is 0.408 e. The van der Waals surface area contributed by atoms with Crippen LogP contribution in [0.3, 0.4) is 0 Å². The number of aliphatic hydroxyl groups is 1. The topological polar surface area (TPSA) is 116 Å². The van der Waals surface area contributed by atoms with Crippen LogP contribution in [0.15, 0.2) is 76.2 Å². The summed E-state index contributed by atoms with van der Waals surface area (Å²) in [4.78, 5) is 11.3. The minimum Gasteiger partial charge on any atom is -0.508 e. The summed E-state index contributed by atoms with van der Waals surface area (Å²) >= 11 is 0. The number of nitriles is 1. The molecule has 0 heterocycles. The van der Waals surface area contributed by atoms with Gasteiger partial charge in [-0.25, -0.2) is 13.2 Å². The molecule has 30 heavy (non-hydrogen) atoms. The quantitative estimate of drug-likeness (QED) is 0.533. The Hall–Kier alpha value is -3.31. The second kappa shape index (κ2) is 9.46. The van der Waals surface area contributed by atoms with Crippen LogP contribution in [0.2, 0.25) is 0 Å². The van der Waals surface area contributed by atoms with Crippen LogP contribution in [0, 0.1) is 11.3 Å². The molecule has 2 rings (SSSR count). The van der Waals surface area contributed by atoms with Crippen molar-refractivity contribution < 1.29 is 23.1 Å². The van der Waals surface area contributed by atoms with Crippen molar-refractivity contribution in [3.8, 4) is 6.07 Å². The molecular formula is C22H24N2O5S. The number of allylic oxidation sites excluding steroid dienone is 1. The Bertz CT molecular complexity index is 1050. The van der Waals surface area contributed by atoms with Crippen molar-refractivity contribution in [1.82, 2.24) is 5.32 Å². The maximum absolute atomic E-state index is 12.9. The zero-order chi connectivity index (χ0) is 22.4. The third-order valence-electron chi connectivity index (χ3n) is 3.96. The van der Waals surface area contributed by atoms with E-state index in [1.807, 2.05) is 0 Å². The summed E-state index contributed by atoms with van der Waals surface area (Å²) in [6, 6.07) is 16.6. The molecule has 1 unspecified atom stereocenters. The first-order valence-corrected chi connectivity index (χ1v) is 10.7. The van der Waals surface area contributed by atoms with Gasteiger partial charge in [-0.3, -0.25) is 0 Å². The summed E-state index contributed by atoms with van der Waals surface area (Å²) in [5, 5.41) is 22.8. The molecule has 0 aliphatic rings. The Kier molecular flexibility index (Phi) is 7.24. The Morgan fingerprint density at radius 1 is 1.10 bits per heavy atom. The fourth-order valence-corrected chi connectivity index (χ4v) is 3.94. The third-order valence-corrected chi connectivity index (χ3v) is 5.69. The molecule has 158 valence electrons. The van der Waals surface area contributed by atoms with E-state index in [1.54, 1.807) is 63.2 Å². The number of nitrogens with zero attached hydrogens (tertiary/aromatic N) is 1. The SMILES string of the molecule is CC(C)(C)OC(=O)NC(Cc1ccccc1)/C(O)=C(\C#N)S(=O)(=O)c1ccccc1. The summed E-state index contributed by atoms with van der Waals surface area (Å²) in [5.41, 5.74) is -0.0750. The Balaban J connectivity index is 2.48. The third kappa shape index (κ3) is 6.09. The average Bonchev–Trinajstić information content (AvgIpc) is 2.68. The normalized spacial score (nSPS) is 13.5.